The average Bonchev–Trinajstić information content (AvgIpc) is 3.22. The van der Waals surface area contributed by atoms with E-state index < -0.39 is 98.1 Å². The quantitative estimate of drug-likeness (QED) is 0.0422. The zero-order chi connectivity index (χ0) is 48.0. The molecule has 14 heteroatoms. The molecule has 0 nitrogen and oxygen atoms in total. The Morgan fingerprint density at radius 2 is 0.754 bits per heavy atom. The first-order valence-electron chi connectivity index (χ1n) is 21.3. The van der Waals surface area contributed by atoms with Gasteiger partial charge < -0.3 is 0 Å². The van der Waals surface area contributed by atoms with Crippen LogP contribution in [0.2, 0.25) is 19.6 Å². The van der Waals surface area contributed by atoms with Crippen molar-refractivity contribution in [2.75, 3.05) is 6.16 Å². The normalized spacial score (nSPS) is 14.7. The minimum absolute atomic E-state index is 0.0623. The summed E-state index contributed by atoms with van der Waals surface area (Å²) in [7, 11) is -8.99. The molecular weight excluding hydrogens is 903 g/mol. The first-order chi connectivity index (χ1) is 30.4. The predicted octanol–water partition coefficient (Wildman–Crippen LogP) is 12.5. The van der Waals surface area contributed by atoms with Crippen LogP contribution in [-0.4, -0.2) is 20.1 Å². The van der Waals surface area contributed by atoms with Crippen molar-refractivity contribution in [1.29, 1.82) is 0 Å². The molecule has 340 valence electrons. The van der Waals surface area contributed by atoms with E-state index in [1.165, 1.54) is 0 Å². The summed E-state index contributed by atoms with van der Waals surface area (Å²) in [6, 6.07) is 21.1. The molecule has 1 aliphatic rings. The first-order valence-corrected chi connectivity index (χ1v) is 28.2. The molecule has 0 N–H and O–H groups in total. The second-order valence-corrected chi connectivity index (χ2v) is 29.9. The van der Waals surface area contributed by atoms with Crippen LogP contribution in [0.5, 0.6) is 0 Å². The molecule has 0 atom stereocenters. The summed E-state index contributed by atoms with van der Waals surface area (Å²) in [5.41, 5.74) is 3.29. The Hall–Kier alpha value is -4.50. The van der Waals surface area contributed by atoms with Gasteiger partial charge in [-0.25, -0.2) is 43.9 Å². The Balaban J connectivity index is 1.80. The number of aryl methyl sites for hydroxylation is 8. The Kier molecular flexibility index (Phi) is 12.9. The Morgan fingerprint density at radius 3 is 1.06 bits per heavy atom. The lowest BCUT2D eigenvalue weighted by Crippen LogP contribution is -2.76. The molecule has 6 aromatic carbocycles. The van der Waals surface area contributed by atoms with Crippen molar-refractivity contribution in [3.8, 4) is 0 Å². The topological polar surface area (TPSA) is 0 Å². The van der Waals surface area contributed by atoms with Crippen LogP contribution in [-0.2, 0) is 0 Å². The molecule has 0 unspecified atom stereocenters. The number of allylic oxidation sites excluding steroid dienone is 1. The fourth-order valence-corrected chi connectivity index (χ4v) is 27.9. The largest absolute Gasteiger partial charge is 0.272 e. The summed E-state index contributed by atoms with van der Waals surface area (Å²) in [5.74, 6) is -28.7. The standard InChI is InChI=1S/C51H49BF10P2Si/c1-26-22-30(5)49(31(6)23-26)63(50-32(7)24-27(2)25-33(50)8)21-20-34-51(65(9,10)11)64(35-18-14-12-16-28(35)3,36-19-15-13-17-29(36)4)52(34,37-39(53)43(57)47(61)44(58)40(37)54)38-41(55)45(59)48(62)46(60)42(38)56/h12-19,22-25H,20-21H2,1-11H3. The molecule has 0 radical (unpaired) electrons. The lowest BCUT2D eigenvalue weighted by Gasteiger charge is -2.65. The number of hydrogen-bond acceptors (Lipinski definition) is 0. The van der Waals surface area contributed by atoms with E-state index in [9.17, 15) is 0 Å². The van der Waals surface area contributed by atoms with Gasteiger partial charge in [0.25, 0.3) is 5.87 Å². The summed E-state index contributed by atoms with van der Waals surface area (Å²) < 4.78 is 166. The maximum atomic E-state index is 17.5. The fourth-order valence-electron chi connectivity index (χ4n) is 11.5. The zero-order valence-corrected chi connectivity index (χ0v) is 40.9. The van der Waals surface area contributed by atoms with Gasteiger partial charge in [-0.15, -0.1) is 5.47 Å². The summed E-state index contributed by atoms with van der Waals surface area (Å²) in [6.45, 7) is 20.8. The number of halogens is 10. The number of benzene rings is 6. The van der Waals surface area contributed by atoms with E-state index in [4.69, 9.17) is 0 Å². The minimum Gasteiger partial charge on any atom is -0.207 e. The molecule has 0 saturated heterocycles. The zero-order valence-electron chi connectivity index (χ0n) is 38.1. The molecule has 0 spiro atoms. The van der Waals surface area contributed by atoms with Crippen LogP contribution in [0.1, 0.15) is 50.9 Å². The molecule has 0 aliphatic carbocycles. The van der Waals surface area contributed by atoms with Crippen molar-refractivity contribution in [2.24, 2.45) is 0 Å². The average molecular weight is 953 g/mol. The molecule has 7 rings (SSSR count). The Bertz CT molecular complexity index is 2720. The molecule has 0 fully saturated rings. The molecule has 6 aromatic rings. The van der Waals surface area contributed by atoms with Crippen molar-refractivity contribution < 1.29 is 43.9 Å². The van der Waals surface area contributed by atoms with Gasteiger partial charge >= 0.3 is 0 Å². The van der Waals surface area contributed by atoms with Gasteiger partial charge in [0, 0.05) is 0 Å². The van der Waals surface area contributed by atoms with Gasteiger partial charge in [-0.05, 0) is 138 Å². The summed E-state index contributed by atoms with van der Waals surface area (Å²) in [4.78, 5) is 0.533. The molecule has 0 saturated carbocycles. The van der Waals surface area contributed by atoms with Crippen LogP contribution in [0.25, 0.3) is 0 Å². The van der Waals surface area contributed by atoms with Crippen molar-refractivity contribution >= 4 is 61.1 Å². The third-order valence-electron chi connectivity index (χ3n) is 13.2. The fraction of sp³-hybridized carbons (Fsp3) is 0.255. The van der Waals surface area contributed by atoms with E-state index in [0.29, 0.717) is 16.1 Å². The number of hydrogen-bond donors (Lipinski definition) is 0. The molecule has 0 aromatic heterocycles. The van der Waals surface area contributed by atoms with Crippen LogP contribution in [0.15, 0.2) is 83.2 Å². The molecular formula is C51H49BF10P2Si. The summed E-state index contributed by atoms with van der Waals surface area (Å²) >= 11 is 0. The van der Waals surface area contributed by atoms with E-state index in [1.54, 1.807) is 62.4 Å². The highest BCUT2D eigenvalue weighted by atomic mass is 31.2. The van der Waals surface area contributed by atoms with E-state index >= 15 is 43.9 Å². The third-order valence-corrected chi connectivity index (χ3v) is 26.7. The monoisotopic (exact) mass is 952 g/mol. The van der Waals surface area contributed by atoms with Crippen LogP contribution in [0.4, 0.5) is 43.9 Å². The summed E-state index contributed by atoms with van der Waals surface area (Å²) in [5, 5.41) is 2.45. The molecule has 0 bridgehead atoms. The van der Waals surface area contributed by atoms with Gasteiger partial charge in [-0.3, -0.25) is 0 Å². The van der Waals surface area contributed by atoms with E-state index in [1.807, 2.05) is 85.4 Å². The highest BCUT2D eigenvalue weighted by Gasteiger charge is 2.75. The second-order valence-electron chi connectivity index (χ2n) is 18.6. The number of rotatable bonds is 10. The smallest absolute Gasteiger partial charge is 0.207 e. The predicted molar refractivity (Wildman–Crippen MR) is 253 cm³/mol. The SMILES string of the molecule is Cc1cc(C)c(P(CCC2=C([Si](C)(C)C)[P+](c3ccccc3C)(c3ccccc3C)[B-]2(c2c(F)c(F)c(F)c(F)c2F)c2c(F)c(F)c(F)c(F)c2F)c2c(C)cc(C)cc2C)c(C)c1. The van der Waals surface area contributed by atoms with Crippen molar-refractivity contribution in [1.82, 2.24) is 0 Å². The van der Waals surface area contributed by atoms with Gasteiger partial charge in [-0.1, -0.05) is 109 Å². The summed E-state index contributed by atoms with van der Waals surface area (Å²) in [6.07, 6.45) is -0.146. The van der Waals surface area contributed by atoms with Crippen molar-refractivity contribution in [3.63, 3.8) is 0 Å². The lowest BCUT2D eigenvalue weighted by molar-refractivity contribution is 0.382. The van der Waals surface area contributed by atoms with Gasteiger partial charge in [0.05, 0.1) is 10.6 Å². The van der Waals surface area contributed by atoms with Crippen LogP contribution in [0.3, 0.4) is 0 Å². The highest BCUT2D eigenvalue weighted by molar-refractivity contribution is 8.28. The van der Waals surface area contributed by atoms with Crippen molar-refractivity contribution in [3.05, 3.63) is 186 Å². The third kappa shape index (κ3) is 7.18. The van der Waals surface area contributed by atoms with E-state index in [0.717, 1.165) is 44.0 Å². The van der Waals surface area contributed by atoms with Gasteiger partial charge in [-0.2, -0.15) is 0 Å². The van der Waals surface area contributed by atoms with Crippen molar-refractivity contribution in [2.45, 2.75) is 81.5 Å². The lowest BCUT2D eigenvalue weighted by atomic mass is 9.32. The minimum atomic E-state index is -4.40. The van der Waals surface area contributed by atoms with Gasteiger partial charge in [0.1, 0.15) is 31.3 Å². The van der Waals surface area contributed by atoms with E-state index in [-0.39, 0.29) is 28.7 Å². The molecule has 1 aliphatic heterocycles. The first kappa shape index (κ1) is 48.4. The van der Waals surface area contributed by atoms with Gasteiger partial charge in [0.2, 0.25) is 0 Å². The maximum absolute atomic E-state index is 17.5. The van der Waals surface area contributed by atoms with Gasteiger partial charge in [0.15, 0.2) is 34.9 Å². The molecule has 1 heterocycles. The van der Waals surface area contributed by atoms with Crippen LogP contribution >= 0.6 is 15.1 Å². The second kappa shape index (κ2) is 17.3. The Morgan fingerprint density at radius 1 is 0.446 bits per heavy atom. The Labute approximate surface area is 377 Å². The molecule has 0 amide bonds. The van der Waals surface area contributed by atoms with Crippen LogP contribution in [0, 0.1) is 114 Å². The molecule has 65 heavy (non-hydrogen) atoms. The van der Waals surface area contributed by atoms with Crippen LogP contribution < -0.4 is 32.1 Å². The maximum Gasteiger partial charge on any atom is 0.272 e. The highest BCUT2D eigenvalue weighted by Crippen LogP contribution is 2.82. The van der Waals surface area contributed by atoms with E-state index in [2.05, 4.69) is 0 Å².